The highest BCUT2D eigenvalue weighted by atomic mass is 79.9. The Morgan fingerprint density at radius 1 is 1.25 bits per heavy atom. The quantitative estimate of drug-likeness (QED) is 0.911. The zero-order valence-corrected chi connectivity index (χ0v) is 13.0. The van der Waals surface area contributed by atoms with Crippen LogP contribution in [-0.4, -0.2) is 7.11 Å². The Hall–Kier alpha value is -1.99. The summed E-state index contributed by atoms with van der Waals surface area (Å²) in [5.74, 6) is 0.676. The molecule has 0 saturated carbocycles. The van der Waals surface area contributed by atoms with E-state index in [0.29, 0.717) is 17.9 Å². The van der Waals surface area contributed by atoms with Crippen LogP contribution in [0.4, 0.5) is 5.69 Å². The van der Waals surface area contributed by atoms with Gasteiger partial charge in [-0.2, -0.15) is 5.26 Å². The topological polar surface area (TPSA) is 45.0 Å². The second kappa shape index (κ2) is 6.44. The minimum absolute atomic E-state index is 0.588. The molecule has 3 nitrogen and oxygen atoms in total. The third kappa shape index (κ3) is 3.31. The van der Waals surface area contributed by atoms with E-state index in [9.17, 15) is 0 Å². The molecular weight excluding hydrogens is 316 g/mol. The molecule has 0 atom stereocenters. The lowest BCUT2D eigenvalue weighted by Crippen LogP contribution is -2.02. The second-order valence-electron chi connectivity index (χ2n) is 4.46. The molecule has 1 N–H and O–H groups in total. The highest BCUT2D eigenvalue weighted by Crippen LogP contribution is 2.26. The van der Waals surface area contributed by atoms with Gasteiger partial charge in [-0.25, -0.2) is 0 Å². The fraction of sp³-hybridized carbons (Fsp3) is 0.188. The molecule has 20 heavy (non-hydrogen) atoms. The van der Waals surface area contributed by atoms with Crippen LogP contribution in [0.1, 0.15) is 16.7 Å². The van der Waals surface area contributed by atoms with Crippen LogP contribution >= 0.6 is 15.9 Å². The molecule has 0 fully saturated rings. The van der Waals surface area contributed by atoms with Gasteiger partial charge in [0.15, 0.2) is 0 Å². The van der Waals surface area contributed by atoms with Crippen molar-refractivity contribution in [2.45, 2.75) is 13.5 Å². The summed E-state index contributed by atoms with van der Waals surface area (Å²) in [6.07, 6.45) is 0. The van der Waals surface area contributed by atoms with Crippen molar-refractivity contribution in [3.63, 3.8) is 0 Å². The fourth-order valence-corrected chi connectivity index (χ4v) is 2.28. The van der Waals surface area contributed by atoms with Gasteiger partial charge in [-0.1, -0.05) is 28.1 Å². The molecule has 0 aliphatic rings. The molecule has 0 radical (unpaired) electrons. The van der Waals surface area contributed by atoms with E-state index in [1.165, 1.54) is 11.1 Å². The first-order valence-corrected chi connectivity index (χ1v) is 7.00. The first-order valence-electron chi connectivity index (χ1n) is 6.21. The predicted molar refractivity (Wildman–Crippen MR) is 83.9 cm³/mol. The number of hydrogen-bond donors (Lipinski definition) is 1. The number of nitrogens with one attached hydrogen (secondary N) is 1. The molecule has 0 amide bonds. The number of nitrogens with zero attached hydrogens (tertiary/aromatic N) is 1. The molecule has 2 rings (SSSR count). The monoisotopic (exact) mass is 330 g/mol. The van der Waals surface area contributed by atoms with Crippen molar-refractivity contribution in [2.75, 3.05) is 12.4 Å². The summed E-state index contributed by atoms with van der Waals surface area (Å²) in [6, 6.07) is 13.7. The van der Waals surface area contributed by atoms with E-state index in [2.05, 4.69) is 52.4 Å². The summed E-state index contributed by atoms with van der Waals surface area (Å²) in [7, 11) is 1.60. The van der Waals surface area contributed by atoms with Gasteiger partial charge in [0.1, 0.15) is 5.75 Å². The van der Waals surface area contributed by atoms with E-state index >= 15 is 0 Å². The minimum atomic E-state index is 0.588. The Morgan fingerprint density at radius 2 is 2.05 bits per heavy atom. The lowest BCUT2D eigenvalue weighted by molar-refractivity contribution is 0.416. The van der Waals surface area contributed by atoms with Gasteiger partial charge in [-0.05, 0) is 36.2 Å². The molecule has 0 spiro atoms. The summed E-state index contributed by atoms with van der Waals surface area (Å²) in [5.41, 5.74) is 3.85. The predicted octanol–water partition coefficient (Wildman–Crippen LogP) is 4.25. The molecule has 0 heterocycles. The summed E-state index contributed by atoms with van der Waals surface area (Å²) < 4.78 is 6.40. The number of aryl methyl sites for hydroxylation is 1. The Bertz CT molecular complexity index is 662. The zero-order chi connectivity index (χ0) is 14.5. The first kappa shape index (κ1) is 14.4. The first-order chi connectivity index (χ1) is 9.63. The Morgan fingerprint density at radius 3 is 2.70 bits per heavy atom. The van der Waals surface area contributed by atoms with E-state index < -0.39 is 0 Å². The summed E-state index contributed by atoms with van der Waals surface area (Å²) >= 11 is 3.53. The molecule has 2 aromatic rings. The van der Waals surface area contributed by atoms with Gasteiger partial charge in [0.25, 0.3) is 0 Å². The average Bonchev–Trinajstić information content (AvgIpc) is 2.48. The summed E-state index contributed by atoms with van der Waals surface area (Å²) in [6.45, 7) is 2.76. The van der Waals surface area contributed by atoms with E-state index in [1.54, 1.807) is 19.2 Å². The van der Waals surface area contributed by atoms with Gasteiger partial charge < -0.3 is 10.1 Å². The van der Waals surface area contributed by atoms with Crippen LogP contribution in [0.25, 0.3) is 0 Å². The lowest BCUT2D eigenvalue weighted by Gasteiger charge is -2.12. The van der Waals surface area contributed by atoms with Crippen molar-refractivity contribution in [3.8, 4) is 11.8 Å². The highest BCUT2D eigenvalue weighted by molar-refractivity contribution is 9.10. The number of halogens is 1. The maximum atomic E-state index is 8.88. The molecular formula is C16H15BrN2O. The Balaban J connectivity index is 2.14. The zero-order valence-electron chi connectivity index (χ0n) is 11.4. The summed E-state index contributed by atoms with van der Waals surface area (Å²) in [4.78, 5) is 0. The van der Waals surface area contributed by atoms with Crippen LogP contribution in [-0.2, 0) is 6.54 Å². The Kier molecular flexibility index (Phi) is 4.65. The normalized spacial score (nSPS) is 9.90. The fourth-order valence-electron chi connectivity index (χ4n) is 1.85. The number of nitriles is 1. The standard InChI is InChI=1S/C16H15BrN2O/c1-11-3-4-13(7-14(11)17)10-19-15-6-5-12(9-18)8-16(15)20-2/h3-8,19H,10H2,1-2H3. The minimum Gasteiger partial charge on any atom is -0.495 e. The second-order valence-corrected chi connectivity index (χ2v) is 5.32. The number of methoxy groups -OCH3 is 1. The van der Waals surface area contributed by atoms with Crippen LogP contribution in [0.5, 0.6) is 5.75 Å². The largest absolute Gasteiger partial charge is 0.495 e. The molecule has 102 valence electrons. The smallest absolute Gasteiger partial charge is 0.143 e. The van der Waals surface area contributed by atoms with Gasteiger partial charge in [0, 0.05) is 17.1 Å². The van der Waals surface area contributed by atoms with Crippen LogP contribution in [0.15, 0.2) is 40.9 Å². The van der Waals surface area contributed by atoms with Gasteiger partial charge in [0.2, 0.25) is 0 Å². The number of rotatable bonds is 4. The van der Waals surface area contributed by atoms with E-state index in [1.807, 2.05) is 6.07 Å². The van der Waals surface area contributed by atoms with Crippen LogP contribution in [0, 0.1) is 18.3 Å². The lowest BCUT2D eigenvalue weighted by atomic mass is 10.1. The van der Waals surface area contributed by atoms with Crippen molar-refractivity contribution in [3.05, 3.63) is 57.6 Å². The molecule has 0 aromatic heterocycles. The van der Waals surface area contributed by atoms with Crippen LogP contribution in [0.2, 0.25) is 0 Å². The Labute approximate surface area is 127 Å². The summed E-state index contributed by atoms with van der Waals surface area (Å²) in [5, 5.41) is 12.2. The van der Waals surface area contributed by atoms with Crippen LogP contribution in [0.3, 0.4) is 0 Å². The van der Waals surface area contributed by atoms with Gasteiger partial charge in [-0.3, -0.25) is 0 Å². The molecule has 2 aromatic carbocycles. The SMILES string of the molecule is COc1cc(C#N)ccc1NCc1ccc(C)c(Br)c1. The van der Waals surface area contributed by atoms with Crippen molar-refractivity contribution in [1.82, 2.24) is 0 Å². The van der Waals surface area contributed by atoms with E-state index in [-0.39, 0.29) is 0 Å². The molecule has 0 aliphatic carbocycles. The molecule has 0 aliphatic heterocycles. The van der Waals surface area contributed by atoms with E-state index in [0.717, 1.165) is 10.2 Å². The molecule has 0 bridgehead atoms. The molecule has 0 saturated heterocycles. The third-order valence-electron chi connectivity index (χ3n) is 3.05. The van der Waals surface area contributed by atoms with Crippen molar-refractivity contribution >= 4 is 21.6 Å². The van der Waals surface area contributed by atoms with Gasteiger partial charge >= 0.3 is 0 Å². The van der Waals surface area contributed by atoms with Crippen molar-refractivity contribution < 1.29 is 4.74 Å². The number of hydrogen-bond acceptors (Lipinski definition) is 3. The highest BCUT2D eigenvalue weighted by Gasteiger charge is 2.04. The van der Waals surface area contributed by atoms with Gasteiger partial charge in [0.05, 0.1) is 24.4 Å². The maximum absolute atomic E-state index is 8.88. The third-order valence-corrected chi connectivity index (χ3v) is 3.90. The van der Waals surface area contributed by atoms with Crippen LogP contribution < -0.4 is 10.1 Å². The van der Waals surface area contributed by atoms with E-state index in [4.69, 9.17) is 10.00 Å². The number of ether oxygens (including phenoxy) is 1. The van der Waals surface area contributed by atoms with Gasteiger partial charge in [-0.15, -0.1) is 0 Å². The number of anilines is 1. The van der Waals surface area contributed by atoms with Crippen molar-refractivity contribution in [1.29, 1.82) is 5.26 Å². The molecule has 4 heteroatoms. The maximum Gasteiger partial charge on any atom is 0.143 e. The molecule has 0 unspecified atom stereocenters. The average molecular weight is 331 g/mol. The van der Waals surface area contributed by atoms with Crippen molar-refractivity contribution in [2.24, 2.45) is 0 Å². The number of benzene rings is 2.